The summed E-state index contributed by atoms with van der Waals surface area (Å²) in [7, 11) is -1.75. The van der Waals surface area contributed by atoms with E-state index in [0.717, 1.165) is 24.3 Å². The Labute approximate surface area is 160 Å². The van der Waals surface area contributed by atoms with Crippen molar-refractivity contribution in [3.8, 4) is 0 Å². The first-order chi connectivity index (χ1) is 13.0. The van der Waals surface area contributed by atoms with Crippen LogP contribution in [0, 0.1) is 0 Å². The predicted molar refractivity (Wildman–Crippen MR) is 96.9 cm³/mol. The zero-order chi connectivity index (χ0) is 21.1. The molecule has 0 spiro atoms. The van der Waals surface area contributed by atoms with Crippen LogP contribution in [0.3, 0.4) is 0 Å². The average Bonchev–Trinajstić information content (AvgIpc) is 2.62. The van der Waals surface area contributed by atoms with E-state index in [0.29, 0.717) is 11.1 Å². The van der Waals surface area contributed by atoms with Gasteiger partial charge in [-0.2, -0.15) is 26.3 Å². The Morgan fingerprint density at radius 1 is 0.679 bits per heavy atom. The molecule has 0 bridgehead atoms. The van der Waals surface area contributed by atoms with E-state index in [1.807, 2.05) is 0 Å². The van der Waals surface area contributed by atoms with Crippen LogP contribution in [-0.2, 0) is 23.2 Å². The third kappa shape index (κ3) is 4.92. The van der Waals surface area contributed by atoms with E-state index in [9.17, 15) is 30.6 Å². The average molecular weight is 418 g/mol. The van der Waals surface area contributed by atoms with E-state index >= 15 is 0 Å². The van der Waals surface area contributed by atoms with Crippen molar-refractivity contribution in [2.45, 2.75) is 22.9 Å². The summed E-state index contributed by atoms with van der Waals surface area (Å²) in [5, 5.41) is -1.65. The van der Waals surface area contributed by atoms with Gasteiger partial charge >= 0.3 is 12.4 Å². The minimum absolute atomic E-state index is 0.347. The first-order valence-electron chi connectivity index (χ1n) is 7.98. The normalized spacial score (nSPS) is 15.5. The molecule has 0 saturated heterocycles. The molecule has 2 unspecified atom stereocenters. The summed E-state index contributed by atoms with van der Waals surface area (Å²) in [6, 6.07) is 8.35. The van der Waals surface area contributed by atoms with Crippen molar-refractivity contribution < 1.29 is 30.6 Å². The van der Waals surface area contributed by atoms with Crippen LogP contribution in [0.5, 0.6) is 0 Å². The Balaban J connectivity index is 2.31. The first-order valence-corrected chi connectivity index (χ1v) is 9.25. The smallest absolute Gasteiger partial charge is 0.258 e. The maximum absolute atomic E-state index is 13.0. The van der Waals surface area contributed by atoms with Crippen molar-refractivity contribution in [2.75, 3.05) is 0 Å². The molecule has 28 heavy (non-hydrogen) atoms. The molecule has 0 aliphatic heterocycles. The predicted octanol–water partition coefficient (Wildman–Crippen LogP) is 6.63. The van der Waals surface area contributed by atoms with Crippen LogP contribution in [0.1, 0.15) is 32.8 Å². The number of benzene rings is 2. The lowest BCUT2D eigenvalue weighted by Crippen LogP contribution is -2.13. The van der Waals surface area contributed by atoms with E-state index in [4.69, 9.17) is 0 Å². The Morgan fingerprint density at radius 3 is 1.18 bits per heavy atom. The highest BCUT2D eigenvalue weighted by Crippen LogP contribution is 2.36. The summed E-state index contributed by atoms with van der Waals surface area (Å²) < 4.78 is 89.2. The molecule has 0 aromatic heterocycles. The van der Waals surface area contributed by atoms with Gasteiger partial charge in [-0.1, -0.05) is 36.4 Å². The van der Waals surface area contributed by atoms with Gasteiger partial charge in [-0.15, -0.1) is 13.2 Å². The molecule has 0 aliphatic carbocycles. The summed E-state index contributed by atoms with van der Waals surface area (Å²) >= 11 is 0. The van der Waals surface area contributed by atoms with Crippen LogP contribution >= 0.6 is 0 Å². The van der Waals surface area contributed by atoms with Crippen molar-refractivity contribution >= 4 is 10.8 Å². The largest absolute Gasteiger partial charge is 0.416 e. The Hall–Kier alpha value is -2.35. The van der Waals surface area contributed by atoms with E-state index in [1.165, 1.54) is 36.4 Å². The molecule has 0 radical (unpaired) electrons. The molecule has 0 heterocycles. The molecular weight excluding hydrogens is 402 g/mol. The van der Waals surface area contributed by atoms with Crippen molar-refractivity contribution in [3.05, 3.63) is 96.1 Å². The van der Waals surface area contributed by atoms with E-state index in [1.54, 1.807) is 0 Å². The fourth-order valence-electron chi connectivity index (χ4n) is 2.61. The molecule has 1 nitrogen and oxygen atoms in total. The Kier molecular flexibility index (Phi) is 6.54. The second-order valence-electron chi connectivity index (χ2n) is 5.88. The number of hydrogen-bond acceptors (Lipinski definition) is 1. The van der Waals surface area contributed by atoms with Gasteiger partial charge < -0.3 is 0 Å². The molecular formula is C20H16F6OS. The summed E-state index contributed by atoms with van der Waals surface area (Å²) in [4.78, 5) is 0. The molecule has 2 aromatic rings. The van der Waals surface area contributed by atoms with Crippen molar-refractivity contribution in [3.63, 3.8) is 0 Å². The summed E-state index contributed by atoms with van der Waals surface area (Å²) in [6.45, 7) is 7.18. The number of halogens is 6. The molecule has 2 aromatic carbocycles. The van der Waals surface area contributed by atoms with Crippen LogP contribution in [0.25, 0.3) is 0 Å². The minimum atomic E-state index is -4.49. The van der Waals surface area contributed by atoms with Gasteiger partial charge in [0, 0.05) is 10.8 Å². The van der Waals surface area contributed by atoms with E-state index in [2.05, 4.69) is 13.2 Å². The van der Waals surface area contributed by atoms with Crippen molar-refractivity contribution in [2.24, 2.45) is 0 Å². The SMILES string of the molecule is C=CC(c1ccc(C(F)(F)F)cc1)S(=O)C(C=C)c1ccc(C(F)(F)F)cc1. The highest BCUT2D eigenvalue weighted by atomic mass is 32.2. The highest BCUT2D eigenvalue weighted by Gasteiger charge is 2.32. The van der Waals surface area contributed by atoms with Crippen molar-refractivity contribution in [1.82, 2.24) is 0 Å². The third-order valence-electron chi connectivity index (χ3n) is 4.06. The quantitative estimate of drug-likeness (QED) is 0.380. The van der Waals surface area contributed by atoms with Gasteiger partial charge in [0.05, 0.1) is 21.6 Å². The first kappa shape index (κ1) is 21.9. The van der Waals surface area contributed by atoms with Gasteiger partial charge in [0.2, 0.25) is 0 Å². The Bertz CT molecular complexity index is 779. The molecule has 0 fully saturated rings. The summed E-state index contributed by atoms with van der Waals surface area (Å²) in [6.07, 6.45) is -6.32. The van der Waals surface area contributed by atoms with Gasteiger partial charge in [0.25, 0.3) is 0 Å². The monoisotopic (exact) mass is 418 g/mol. The van der Waals surface area contributed by atoms with Crippen LogP contribution in [0.2, 0.25) is 0 Å². The fourth-order valence-corrected chi connectivity index (χ4v) is 4.16. The molecule has 0 aliphatic rings. The number of hydrogen-bond donors (Lipinski definition) is 0. The van der Waals surface area contributed by atoms with Crippen molar-refractivity contribution in [1.29, 1.82) is 0 Å². The Morgan fingerprint density at radius 2 is 0.964 bits per heavy atom. The van der Waals surface area contributed by atoms with E-state index in [-0.39, 0.29) is 0 Å². The number of alkyl halides is 6. The zero-order valence-electron chi connectivity index (χ0n) is 14.4. The summed E-state index contributed by atoms with van der Waals surface area (Å²) in [5.74, 6) is 0. The topological polar surface area (TPSA) is 17.1 Å². The molecule has 0 N–H and O–H groups in total. The van der Waals surface area contributed by atoms with Crippen LogP contribution in [-0.4, -0.2) is 4.21 Å². The van der Waals surface area contributed by atoms with Crippen LogP contribution < -0.4 is 0 Å². The second kappa shape index (κ2) is 8.34. The fraction of sp³-hybridized carbons (Fsp3) is 0.200. The molecule has 2 rings (SSSR count). The molecule has 0 saturated carbocycles. The molecule has 0 amide bonds. The van der Waals surface area contributed by atoms with Crippen LogP contribution in [0.4, 0.5) is 26.3 Å². The zero-order valence-corrected chi connectivity index (χ0v) is 15.2. The van der Waals surface area contributed by atoms with Gasteiger partial charge in [0.1, 0.15) is 0 Å². The van der Waals surface area contributed by atoms with E-state index < -0.39 is 44.8 Å². The van der Waals surface area contributed by atoms with Gasteiger partial charge in [-0.25, -0.2) is 0 Å². The van der Waals surface area contributed by atoms with Gasteiger partial charge in [0.15, 0.2) is 0 Å². The summed E-state index contributed by atoms with van der Waals surface area (Å²) in [5.41, 5.74) is -0.985. The molecule has 2 atom stereocenters. The van der Waals surface area contributed by atoms with Crippen LogP contribution in [0.15, 0.2) is 73.8 Å². The van der Waals surface area contributed by atoms with Gasteiger partial charge in [-0.3, -0.25) is 4.21 Å². The number of rotatable bonds is 6. The second-order valence-corrected chi connectivity index (χ2v) is 7.55. The maximum atomic E-state index is 13.0. The highest BCUT2D eigenvalue weighted by molar-refractivity contribution is 7.85. The molecule has 8 heteroatoms. The maximum Gasteiger partial charge on any atom is 0.416 e. The minimum Gasteiger partial charge on any atom is -0.258 e. The third-order valence-corrected chi connectivity index (χ3v) is 5.99. The standard InChI is InChI=1S/C20H16F6OS/c1-3-17(13-5-9-15(10-6-13)19(21,22)23)28(27)18(4-2)14-7-11-16(12-8-14)20(24,25)26/h3-12,17-18H,1-2H2. The van der Waals surface area contributed by atoms with Gasteiger partial charge in [-0.05, 0) is 35.4 Å². The molecule has 150 valence electrons. The lowest BCUT2D eigenvalue weighted by molar-refractivity contribution is -0.138. The lowest BCUT2D eigenvalue weighted by atomic mass is 10.1. The lowest BCUT2D eigenvalue weighted by Gasteiger charge is -2.20.